The number of nitrogens with zero attached hydrogens (tertiary/aromatic N) is 2. The third kappa shape index (κ3) is 5.35. The average Bonchev–Trinajstić information content (AvgIpc) is 3.08. The highest BCUT2D eigenvalue weighted by Gasteiger charge is 2.13. The van der Waals surface area contributed by atoms with Crippen LogP contribution in [-0.2, 0) is 17.0 Å². The van der Waals surface area contributed by atoms with Crippen molar-refractivity contribution in [1.29, 1.82) is 0 Å². The molecule has 0 fully saturated rings. The molecule has 1 aromatic heterocycles. The van der Waals surface area contributed by atoms with Gasteiger partial charge in [-0.25, -0.2) is 4.39 Å². The number of thioether (sulfide) groups is 1. The smallest absolute Gasteiger partial charge is 0.230 e. The standard InChI is InChI=1S/C18H14Cl2FN3O2S2/c1-26-15-6-5-10(7-14(15)21)8-16(25)22-17-23-24-18(28-17)27-9-11-12(19)3-2-4-13(11)20/h2-7H,8-9H2,1H3,(H,22,23,25). The molecule has 1 amide bonds. The van der Waals surface area contributed by atoms with Gasteiger partial charge in [0.15, 0.2) is 15.9 Å². The van der Waals surface area contributed by atoms with E-state index in [4.69, 9.17) is 27.9 Å². The van der Waals surface area contributed by atoms with E-state index in [1.165, 1.54) is 42.3 Å². The van der Waals surface area contributed by atoms with Crippen molar-refractivity contribution >= 4 is 57.3 Å². The van der Waals surface area contributed by atoms with Crippen molar-refractivity contribution in [3.8, 4) is 5.75 Å². The fourth-order valence-corrected chi connectivity index (χ4v) is 4.80. The third-order valence-corrected chi connectivity index (χ3v) is 6.34. The first-order valence-electron chi connectivity index (χ1n) is 7.97. The molecule has 3 aromatic rings. The van der Waals surface area contributed by atoms with Crippen LogP contribution in [0.3, 0.4) is 0 Å². The molecule has 0 bridgehead atoms. The van der Waals surface area contributed by atoms with Gasteiger partial charge in [-0.15, -0.1) is 10.2 Å². The Balaban J connectivity index is 1.56. The summed E-state index contributed by atoms with van der Waals surface area (Å²) in [4.78, 5) is 12.2. The molecule has 146 valence electrons. The van der Waals surface area contributed by atoms with Gasteiger partial charge in [0.05, 0.1) is 13.5 Å². The summed E-state index contributed by atoms with van der Waals surface area (Å²) < 4.78 is 19.2. The number of methoxy groups -OCH3 is 1. The molecule has 0 radical (unpaired) electrons. The van der Waals surface area contributed by atoms with Gasteiger partial charge in [-0.1, -0.05) is 58.4 Å². The number of rotatable bonds is 7. The number of ether oxygens (including phenoxy) is 1. The van der Waals surface area contributed by atoms with Crippen LogP contribution in [0.25, 0.3) is 0 Å². The van der Waals surface area contributed by atoms with Gasteiger partial charge in [0.25, 0.3) is 0 Å². The molecular formula is C18H14Cl2FN3O2S2. The molecular weight excluding hydrogens is 444 g/mol. The minimum Gasteiger partial charge on any atom is -0.494 e. The second-order valence-electron chi connectivity index (χ2n) is 5.56. The fourth-order valence-electron chi connectivity index (χ4n) is 2.29. The van der Waals surface area contributed by atoms with E-state index in [0.29, 0.717) is 30.8 Å². The maximum absolute atomic E-state index is 13.7. The molecule has 10 heteroatoms. The summed E-state index contributed by atoms with van der Waals surface area (Å²) in [6.45, 7) is 0. The van der Waals surface area contributed by atoms with Crippen LogP contribution < -0.4 is 10.1 Å². The molecule has 0 atom stereocenters. The predicted molar refractivity (Wildman–Crippen MR) is 111 cm³/mol. The van der Waals surface area contributed by atoms with Crippen molar-refractivity contribution in [3.63, 3.8) is 0 Å². The number of aromatic nitrogens is 2. The Hall–Kier alpha value is -1.87. The van der Waals surface area contributed by atoms with Crippen LogP contribution in [0.4, 0.5) is 9.52 Å². The molecule has 0 saturated heterocycles. The van der Waals surface area contributed by atoms with Crippen molar-refractivity contribution in [2.75, 3.05) is 12.4 Å². The molecule has 0 aliphatic carbocycles. The molecule has 0 saturated carbocycles. The molecule has 0 spiro atoms. The highest BCUT2D eigenvalue weighted by molar-refractivity contribution is 8.00. The summed E-state index contributed by atoms with van der Waals surface area (Å²) in [6, 6.07) is 9.72. The lowest BCUT2D eigenvalue weighted by molar-refractivity contribution is -0.115. The zero-order valence-electron chi connectivity index (χ0n) is 14.5. The van der Waals surface area contributed by atoms with E-state index in [2.05, 4.69) is 15.5 Å². The van der Waals surface area contributed by atoms with E-state index in [-0.39, 0.29) is 18.1 Å². The number of carbonyl (C=O) groups is 1. The van der Waals surface area contributed by atoms with Gasteiger partial charge >= 0.3 is 0 Å². The summed E-state index contributed by atoms with van der Waals surface area (Å²) in [5, 5.41) is 12.2. The minimum absolute atomic E-state index is 0.0121. The van der Waals surface area contributed by atoms with Gasteiger partial charge in [-0.3, -0.25) is 4.79 Å². The summed E-state index contributed by atoms with van der Waals surface area (Å²) in [7, 11) is 1.38. The molecule has 0 aliphatic rings. The SMILES string of the molecule is COc1ccc(CC(=O)Nc2nnc(SCc3c(Cl)cccc3Cl)s2)cc1F. The van der Waals surface area contributed by atoms with Gasteiger partial charge in [0.1, 0.15) is 0 Å². The number of hydrogen-bond acceptors (Lipinski definition) is 6. The molecule has 0 aliphatic heterocycles. The second-order valence-corrected chi connectivity index (χ2v) is 8.57. The first kappa shape index (κ1) is 20.9. The fraction of sp³-hybridized carbons (Fsp3) is 0.167. The number of carbonyl (C=O) groups excluding carboxylic acids is 1. The zero-order chi connectivity index (χ0) is 20.1. The minimum atomic E-state index is -0.513. The van der Waals surface area contributed by atoms with Gasteiger partial charge < -0.3 is 10.1 Å². The monoisotopic (exact) mass is 457 g/mol. The van der Waals surface area contributed by atoms with Gasteiger partial charge in [-0.05, 0) is 35.4 Å². The number of nitrogens with one attached hydrogen (secondary N) is 1. The summed E-state index contributed by atoms with van der Waals surface area (Å²) >= 11 is 15.0. The number of benzene rings is 2. The summed E-state index contributed by atoms with van der Waals surface area (Å²) in [5.74, 6) is -0.160. The van der Waals surface area contributed by atoms with E-state index in [9.17, 15) is 9.18 Å². The lowest BCUT2D eigenvalue weighted by Crippen LogP contribution is -2.14. The molecule has 2 aromatic carbocycles. The average molecular weight is 458 g/mol. The Morgan fingerprint density at radius 1 is 1.25 bits per heavy atom. The molecule has 5 nitrogen and oxygen atoms in total. The number of anilines is 1. The first-order valence-corrected chi connectivity index (χ1v) is 10.5. The number of hydrogen-bond donors (Lipinski definition) is 1. The van der Waals surface area contributed by atoms with Crippen molar-refractivity contribution in [3.05, 3.63) is 63.4 Å². The molecule has 1 heterocycles. The molecule has 28 heavy (non-hydrogen) atoms. The Kier molecular flexibility index (Phi) is 7.12. The van der Waals surface area contributed by atoms with Gasteiger partial charge in [0.2, 0.25) is 11.0 Å². The molecule has 3 rings (SSSR count). The third-order valence-electron chi connectivity index (χ3n) is 3.64. The van der Waals surface area contributed by atoms with Gasteiger partial charge in [-0.2, -0.15) is 0 Å². The Morgan fingerprint density at radius 3 is 2.68 bits per heavy atom. The van der Waals surface area contributed by atoms with Crippen molar-refractivity contribution in [1.82, 2.24) is 10.2 Å². The Labute approximate surface area is 179 Å². The summed E-state index contributed by atoms with van der Waals surface area (Å²) in [5.41, 5.74) is 1.35. The van der Waals surface area contributed by atoms with E-state index < -0.39 is 5.82 Å². The maximum Gasteiger partial charge on any atom is 0.230 e. The maximum atomic E-state index is 13.7. The highest BCUT2D eigenvalue weighted by Crippen LogP contribution is 2.33. The quantitative estimate of drug-likeness (QED) is 0.376. The van der Waals surface area contributed by atoms with Crippen LogP contribution >= 0.6 is 46.3 Å². The van der Waals surface area contributed by atoms with E-state index in [0.717, 1.165) is 5.56 Å². The van der Waals surface area contributed by atoms with Crippen molar-refractivity contribution in [2.45, 2.75) is 16.5 Å². The molecule has 1 N–H and O–H groups in total. The van der Waals surface area contributed by atoms with Gasteiger partial charge in [0, 0.05) is 15.8 Å². The van der Waals surface area contributed by atoms with Crippen LogP contribution in [0.15, 0.2) is 40.7 Å². The highest BCUT2D eigenvalue weighted by atomic mass is 35.5. The largest absolute Gasteiger partial charge is 0.494 e. The van der Waals surface area contributed by atoms with Crippen LogP contribution in [0.5, 0.6) is 5.75 Å². The zero-order valence-corrected chi connectivity index (χ0v) is 17.7. The Bertz CT molecular complexity index is 980. The van der Waals surface area contributed by atoms with E-state index in [1.54, 1.807) is 24.3 Å². The van der Waals surface area contributed by atoms with Crippen LogP contribution in [0.1, 0.15) is 11.1 Å². The Morgan fingerprint density at radius 2 is 2.00 bits per heavy atom. The topological polar surface area (TPSA) is 64.1 Å². The second kappa shape index (κ2) is 9.56. The molecule has 0 unspecified atom stereocenters. The number of amides is 1. The number of halogens is 3. The lowest BCUT2D eigenvalue weighted by atomic mass is 10.1. The lowest BCUT2D eigenvalue weighted by Gasteiger charge is -2.05. The predicted octanol–water partition coefficient (Wildman–Crippen LogP) is 5.47. The summed E-state index contributed by atoms with van der Waals surface area (Å²) in [6.07, 6.45) is 0.0121. The first-order chi connectivity index (χ1) is 13.5. The van der Waals surface area contributed by atoms with E-state index in [1.807, 2.05) is 0 Å². The van der Waals surface area contributed by atoms with Crippen LogP contribution in [0.2, 0.25) is 10.0 Å². The van der Waals surface area contributed by atoms with E-state index >= 15 is 0 Å². The van der Waals surface area contributed by atoms with Crippen molar-refractivity contribution in [2.24, 2.45) is 0 Å². The van der Waals surface area contributed by atoms with Crippen LogP contribution in [-0.4, -0.2) is 23.2 Å². The van der Waals surface area contributed by atoms with Crippen LogP contribution in [0, 0.1) is 5.82 Å². The van der Waals surface area contributed by atoms with Crippen molar-refractivity contribution < 1.29 is 13.9 Å². The normalized spacial score (nSPS) is 10.7.